The Labute approximate surface area is 124 Å². The number of rotatable bonds is 4. The maximum atomic E-state index is 12.7. The number of nitrogens with one attached hydrogen (secondary N) is 2. The highest BCUT2D eigenvalue weighted by Gasteiger charge is 2.21. The first-order valence-electron chi connectivity index (χ1n) is 7.48. The van der Waals surface area contributed by atoms with E-state index in [4.69, 9.17) is 0 Å². The highest BCUT2D eigenvalue weighted by molar-refractivity contribution is 5.83. The zero-order valence-electron chi connectivity index (χ0n) is 12.0. The summed E-state index contributed by atoms with van der Waals surface area (Å²) in [6, 6.07) is 6.06. The Kier molecular flexibility index (Phi) is 5.72. The molecule has 0 heterocycles. The maximum absolute atomic E-state index is 12.7. The summed E-state index contributed by atoms with van der Waals surface area (Å²) in [5.74, 6) is -0.590. The smallest absolute Gasteiger partial charge is 0.241 e. The van der Waals surface area contributed by atoms with Gasteiger partial charge in [-0.3, -0.25) is 20.4 Å². The Morgan fingerprint density at radius 1 is 1.05 bits per heavy atom. The minimum Gasteiger partial charge on any atom is -0.273 e. The summed E-state index contributed by atoms with van der Waals surface area (Å²) < 4.78 is 12.7. The standard InChI is InChI=1S/C16H21FN2O2/c17-14-9-6-12(7-10-14)8-11-15(20)18-19-16(21)13-4-2-1-3-5-13/h6-7,9-10,13H,1-5,8,11H2,(H,18,20)(H,19,21). The maximum Gasteiger partial charge on any atom is 0.241 e. The molecule has 0 aromatic heterocycles. The van der Waals surface area contributed by atoms with Crippen molar-refractivity contribution >= 4 is 11.8 Å². The lowest BCUT2D eigenvalue weighted by Gasteiger charge is -2.20. The van der Waals surface area contributed by atoms with Crippen molar-refractivity contribution in [2.75, 3.05) is 0 Å². The van der Waals surface area contributed by atoms with Crippen LogP contribution in [0.25, 0.3) is 0 Å². The summed E-state index contributed by atoms with van der Waals surface area (Å²) >= 11 is 0. The fourth-order valence-corrected chi connectivity index (χ4v) is 2.57. The molecule has 0 atom stereocenters. The number of hydrogen-bond donors (Lipinski definition) is 2. The molecule has 0 saturated heterocycles. The number of carbonyl (C=O) groups is 2. The van der Waals surface area contributed by atoms with Gasteiger partial charge in [0, 0.05) is 12.3 Å². The predicted molar refractivity (Wildman–Crippen MR) is 77.6 cm³/mol. The van der Waals surface area contributed by atoms with Crippen LogP contribution in [0, 0.1) is 11.7 Å². The van der Waals surface area contributed by atoms with Crippen molar-refractivity contribution in [1.29, 1.82) is 0 Å². The van der Waals surface area contributed by atoms with E-state index in [1.165, 1.54) is 18.6 Å². The molecule has 0 spiro atoms. The topological polar surface area (TPSA) is 58.2 Å². The van der Waals surface area contributed by atoms with Crippen molar-refractivity contribution in [3.63, 3.8) is 0 Å². The van der Waals surface area contributed by atoms with Crippen LogP contribution < -0.4 is 10.9 Å². The van der Waals surface area contributed by atoms with Gasteiger partial charge in [-0.25, -0.2) is 4.39 Å². The molecule has 2 amide bonds. The van der Waals surface area contributed by atoms with Crippen LogP contribution in [0.4, 0.5) is 4.39 Å². The van der Waals surface area contributed by atoms with Crippen LogP contribution in [0.15, 0.2) is 24.3 Å². The quantitative estimate of drug-likeness (QED) is 0.838. The Bertz CT molecular complexity index is 482. The van der Waals surface area contributed by atoms with Gasteiger partial charge in [-0.15, -0.1) is 0 Å². The van der Waals surface area contributed by atoms with Gasteiger partial charge in [0.25, 0.3) is 0 Å². The van der Waals surface area contributed by atoms with E-state index in [-0.39, 0.29) is 30.0 Å². The van der Waals surface area contributed by atoms with Gasteiger partial charge in [0.15, 0.2) is 0 Å². The van der Waals surface area contributed by atoms with Gasteiger partial charge in [-0.2, -0.15) is 0 Å². The molecule has 2 N–H and O–H groups in total. The molecular formula is C16H21FN2O2. The zero-order valence-corrected chi connectivity index (χ0v) is 12.0. The average Bonchev–Trinajstić information content (AvgIpc) is 2.53. The molecule has 4 nitrogen and oxygen atoms in total. The van der Waals surface area contributed by atoms with E-state index in [0.717, 1.165) is 31.2 Å². The highest BCUT2D eigenvalue weighted by Crippen LogP contribution is 2.23. The van der Waals surface area contributed by atoms with Crippen LogP contribution in [0.1, 0.15) is 44.1 Å². The molecule has 21 heavy (non-hydrogen) atoms. The number of carbonyl (C=O) groups excluding carboxylic acids is 2. The molecule has 1 aliphatic carbocycles. The first-order valence-corrected chi connectivity index (χ1v) is 7.48. The number of aryl methyl sites for hydroxylation is 1. The van der Waals surface area contributed by atoms with E-state index in [1.807, 2.05) is 0 Å². The van der Waals surface area contributed by atoms with E-state index >= 15 is 0 Å². The van der Waals surface area contributed by atoms with Crippen LogP contribution in [0.3, 0.4) is 0 Å². The Morgan fingerprint density at radius 3 is 2.38 bits per heavy atom. The van der Waals surface area contributed by atoms with Gasteiger partial charge in [0.1, 0.15) is 5.82 Å². The van der Waals surface area contributed by atoms with Crippen molar-refractivity contribution in [1.82, 2.24) is 10.9 Å². The number of halogens is 1. The molecule has 1 saturated carbocycles. The van der Waals surface area contributed by atoms with Gasteiger partial charge >= 0.3 is 0 Å². The van der Waals surface area contributed by atoms with Crippen molar-refractivity contribution in [3.05, 3.63) is 35.6 Å². The number of hydrogen-bond acceptors (Lipinski definition) is 2. The van der Waals surface area contributed by atoms with E-state index in [9.17, 15) is 14.0 Å². The van der Waals surface area contributed by atoms with E-state index in [2.05, 4.69) is 10.9 Å². The van der Waals surface area contributed by atoms with Crippen LogP contribution >= 0.6 is 0 Å². The third kappa shape index (κ3) is 5.17. The summed E-state index contributed by atoms with van der Waals surface area (Å²) in [6.07, 6.45) is 5.93. The summed E-state index contributed by atoms with van der Waals surface area (Å²) in [4.78, 5) is 23.5. The predicted octanol–water partition coefficient (Wildman–Crippen LogP) is 2.49. The van der Waals surface area contributed by atoms with E-state index in [0.29, 0.717) is 6.42 Å². The number of hydrazine groups is 1. The molecule has 1 aromatic carbocycles. The third-order valence-electron chi connectivity index (χ3n) is 3.86. The molecule has 0 unspecified atom stereocenters. The van der Waals surface area contributed by atoms with Crippen LogP contribution in [0.2, 0.25) is 0 Å². The molecule has 2 rings (SSSR count). The molecule has 1 fully saturated rings. The average molecular weight is 292 g/mol. The largest absolute Gasteiger partial charge is 0.273 e. The summed E-state index contributed by atoms with van der Waals surface area (Å²) in [7, 11) is 0. The Balaban J connectivity index is 1.67. The monoisotopic (exact) mass is 292 g/mol. The number of benzene rings is 1. The van der Waals surface area contributed by atoms with E-state index in [1.54, 1.807) is 12.1 Å². The third-order valence-corrected chi connectivity index (χ3v) is 3.86. The van der Waals surface area contributed by atoms with Gasteiger partial charge in [-0.05, 0) is 37.0 Å². The van der Waals surface area contributed by atoms with Gasteiger partial charge in [-0.1, -0.05) is 31.4 Å². The minimum absolute atomic E-state index is 0.0242. The fourth-order valence-electron chi connectivity index (χ4n) is 2.57. The van der Waals surface area contributed by atoms with Crippen LogP contribution in [-0.4, -0.2) is 11.8 Å². The lowest BCUT2D eigenvalue weighted by Crippen LogP contribution is -2.45. The van der Waals surface area contributed by atoms with Gasteiger partial charge in [0.2, 0.25) is 11.8 Å². The molecule has 1 aliphatic rings. The molecule has 1 aromatic rings. The van der Waals surface area contributed by atoms with Gasteiger partial charge in [0.05, 0.1) is 0 Å². The summed E-state index contributed by atoms with van der Waals surface area (Å²) in [5, 5.41) is 0. The first kappa shape index (κ1) is 15.5. The van der Waals surface area contributed by atoms with E-state index < -0.39 is 0 Å². The normalized spacial score (nSPS) is 15.5. The first-order chi connectivity index (χ1) is 10.1. The van der Waals surface area contributed by atoms with Gasteiger partial charge < -0.3 is 0 Å². The summed E-state index contributed by atoms with van der Waals surface area (Å²) in [5.41, 5.74) is 5.84. The van der Waals surface area contributed by atoms with Crippen molar-refractivity contribution in [3.8, 4) is 0 Å². The Hall–Kier alpha value is -1.91. The molecule has 0 radical (unpaired) electrons. The SMILES string of the molecule is O=C(CCc1ccc(F)cc1)NNC(=O)C1CCCCC1. The van der Waals surface area contributed by atoms with Crippen molar-refractivity contribution < 1.29 is 14.0 Å². The second kappa shape index (κ2) is 7.76. The zero-order chi connectivity index (χ0) is 15.1. The van der Waals surface area contributed by atoms with Crippen molar-refractivity contribution in [2.24, 2.45) is 5.92 Å². The Morgan fingerprint density at radius 2 is 1.71 bits per heavy atom. The summed E-state index contributed by atoms with van der Waals surface area (Å²) in [6.45, 7) is 0. The second-order valence-corrected chi connectivity index (χ2v) is 5.50. The molecule has 114 valence electrons. The lowest BCUT2D eigenvalue weighted by molar-refractivity contribution is -0.131. The fraction of sp³-hybridized carbons (Fsp3) is 0.500. The lowest BCUT2D eigenvalue weighted by atomic mass is 9.89. The number of amides is 2. The van der Waals surface area contributed by atoms with Crippen molar-refractivity contribution in [2.45, 2.75) is 44.9 Å². The van der Waals surface area contributed by atoms with Crippen LogP contribution in [-0.2, 0) is 16.0 Å². The highest BCUT2D eigenvalue weighted by atomic mass is 19.1. The van der Waals surface area contributed by atoms with Crippen LogP contribution in [0.5, 0.6) is 0 Å². The molecule has 0 aliphatic heterocycles. The second-order valence-electron chi connectivity index (χ2n) is 5.50. The molecule has 5 heteroatoms. The molecular weight excluding hydrogens is 271 g/mol. The minimum atomic E-state index is -0.289. The molecule has 0 bridgehead atoms.